The Morgan fingerprint density at radius 2 is 1.81 bits per heavy atom. The second-order valence-corrected chi connectivity index (χ2v) is 2.74. The summed E-state index contributed by atoms with van der Waals surface area (Å²) in [4.78, 5) is 19.3. The molecule has 0 atom stereocenters. The van der Waals surface area contributed by atoms with Crippen LogP contribution in [-0.2, 0) is 0 Å². The normalized spacial score (nSPS) is 9.81. The fourth-order valence-electron chi connectivity index (χ4n) is 1.06. The maximum atomic E-state index is 10.5. The lowest BCUT2D eigenvalue weighted by Gasteiger charge is -2.03. The number of benzene rings is 1. The minimum Gasteiger partial charge on any atom is -0.491 e. The van der Waals surface area contributed by atoms with Gasteiger partial charge in [-0.1, -0.05) is 0 Å². The third kappa shape index (κ3) is 2.64. The van der Waals surface area contributed by atoms with Crippen LogP contribution in [0.2, 0.25) is 0 Å². The maximum absolute atomic E-state index is 10.5. The van der Waals surface area contributed by atoms with Crippen LogP contribution in [0.25, 0.3) is 0 Å². The molecular formula is C8H8N2O6. The van der Waals surface area contributed by atoms with Crippen LogP contribution < -0.4 is 4.74 Å². The molecule has 0 fully saturated rings. The number of hydrogen-bond donors (Lipinski definition) is 1. The Bertz CT molecular complexity index is 419. The van der Waals surface area contributed by atoms with Crippen molar-refractivity contribution in [3.63, 3.8) is 0 Å². The van der Waals surface area contributed by atoms with Gasteiger partial charge in [0.1, 0.15) is 12.4 Å². The molecule has 1 N–H and O–H groups in total. The molecule has 8 nitrogen and oxygen atoms in total. The van der Waals surface area contributed by atoms with E-state index in [1.165, 1.54) is 6.07 Å². The van der Waals surface area contributed by atoms with Gasteiger partial charge in [-0.3, -0.25) is 20.2 Å². The molecule has 16 heavy (non-hydrogen) atoms. The van der Waals surface area contributed by atoms with E-state index >= 15 is 0 Å². The number of rotatable bonds is 5. The lowest BCUT2D eigenvalue weighted by molar-refractivity contribution is -0.422. The smallest absolute Gasteiger partial charge is 0.349 e. The standard InChI is InChI=1S/C8H8N2O6/c11-3-4-16-6-1-2-7(9(12)13)8(5-6)10(14)15/h1-2,5,11H,3-4H2. The molecule has 1 aromatic rings. The number of nitro benzene ring substituents is 2. The third-order valence-corrected chi connectivity index (χ3v) is 1.70. The highest BCUT2D eigenvalue weighted by molar-refractivity contribution is 5.55. The van der Waals surface area contributed by atoms with E-state index in [-0.39, 0.29) is 19.0 Å². The molecule has 0 aliphatic rings. The SMILES string of the molecule is O=[N+]([O-])c1ccc(OCCO)cc1[N+](=O)[O-]. The molecule has 8 heteroatoms. The molecule has 0 bridgehead atoms. The van der Waals surface area contributed by atoms with Crippen LogP contribution in [0, 0.1) is 20.2 Å². The van der Waals surface area contributed by atoms with Gasteiger partial charge in [-0.25, -0.2) is 0 Å². The van der Waals surface area contributed by atoms with Crippen LogP contribution >= 0.6 is 0 Å². The van der Waals surface area contributed by atoms with E-state index in [0.29, 0.717) is 0 Å². The van der Waals surface area contributed by atoms with Crippen molar-refractivity contribution in [3.05, 3.63) is 38.4 Å². The zero-order valence-corrected chi connectivity index (χ0v) is 8.03. The first-order chi connectivity index (χ1) is 7.56. The van der Waals surface area contributed by atoms with Crippen molar-refractivity contribution in [1.82, 2.24) is 0 Å². The highest BCUT2D eigenvalue weighted by Crippen LogP contribution is 2.30. The number of aliphatic hydroxyl groups is 1. The maximum Gasteiger partial charge on any atom is 0.349 e. The summed E-state index contributed by atoms with van der Waals surface area (Å²) in [5.74, 6) is 0.103. The minimum absolute atomic E-state index is 0.0328. The molecule has 0 unspecified atom stereocenters. The minimum atomic E-state index is -0.857. The lowest BCUT2D eigenvalue weighted by Crippen LogP contribution is -2.03. The van der Waals surface area contributed by atoms with Gasteiger partial charge in [0.15, 0.2) is 0 Å². The second-order valence-electron chi connectivity index (χ2n) is 2.74. The van der Waals surface area contributed by atoms with Crippen molar-refractivity contribution in [2.45, 2.75) is 0 Å². The summed E-state index contributed by atoms with van der Waals surface area (Å²) in [7, 11) is 0. The van der Waals surface area contributed by atoms with Crippen LogP contribution in [0.1, 0.15) is 0 Å². The largest absolute Gasteiger partial charge is 0.491 e. The van der Waals surface area contributed by atoms with Gasteiger partial charge in [0.25, 0.3) is 0 Å². The molecule has 0 saturated heterocycles. The zero-order chi connectivity index (χ0) is 12.1. The average Bonchev–Trinajstić information content (AvgIpc) is 2.25. The molecule has 1 rings (SSSR count). The first-order valence-corrected chi connectivity index (χ1v) is 4.22. The van der Waals surface area contributed by atoms with Gasteiger partial charge >= 0.3 is 11.4 Å². The van der Waals surface area contributed by atoms with Gasteiger partial charge in [0.2, 0.25) is 0 Å². The quantitative estimate of drug-likeness (QED) is 0.590. The van der Waals surface area contributed by atoms with E-state index in [1.807, 2.05) is 0 Å². The van der Waals surface area contributed by atoms with Crippen LogP contribution in [0.3, 0.4) is 0 Å². The summed E-state index contributed by atoms with van der Waals surface area (Å²) in [6.07, 6.45) is 0. The summed E-state index contributed by atoms with van der Waals surface area (Å²) in [5, 5.41) is 29.5. The molecule has 0 spiro atoms. The molecule has 1 aromatic carbocycles. The highest BCUT2D eigenvalue weighted by Gasteiger charge is 2.24. The molecular weight excluding hydrogens is 220 g/mol. The average molecular weight is 228 g/mol. The number of nitro groups is 2. The fourth-order valence-corrected chi connectivity index (χ4v) is 1.06. The van der Waals surface area contributed by atoms with E-state index in [4.69, 9.17) is 9.84 Å². The molecule has 0 aliphatic heterocycles. The van der Waals surface area contributed by atoms with E-state index in [0.717, 1.165) is 12.1 Å². The number of nitrogens with zero attached hydrogens (tertiary/aromatic N) is 2. The van der Waals surface area contributed by atoms with Gasteiger partial charge in [-0.2, -0.15) is 0 Å². The highest BCUT2D eigenvalue weighted by atomic mass is 16.6. The summed E-state index contributed by atoms with van der Waals surface area (Å²) in [5.41, 5.74) is -1.23. The Balaban J connectivity index is 3.07. The van der Waals surface area contributed by atoms with Gasteiger partial charge in [-0.15, -0.1) is 0 Å². The van der Waals surface area contributed by atoms with Gasteiger partial charge in [0.05, 0.1) is 22.5 Å². The molecule has 0 saturated carbocycles. The van der Waals surface area contributed by atoms with Gasteiger partial charge < -0.3 is 9.84 Å². The molecule has 0 aliphatic carbocycles. The fraction of sp³-hybridized carbons (Fsp3) is 0.250. The molecule has 0 heterocycles. The molecule has 0 amide bonds. The van der Waals surface area contributed by atoms with E-state index in [1.54, 1.807) is 0 Å². The Morgan fingerprint density at radius 3 is 2.31 bits per heavy atom. The van der Waals surface area contributed by atoms with Crippen molar-refractivity contribution in [3.8, 4) is 5.75 Å². The van der Waals surface area contributed by atoms with Crippen LogP contribution in [0.4, 0.5) is 11.4 Å². The van der Waals surface area contributed by atoms with E-state index in [2.05, 4.69) is 0 Å². The predicted molar refractivity (Wildman–Crippen MR) is 52.3 cm³/mol. The Kier molecular flexibility index (Phi) is 3.72. The van der Waals surface area contributed by atoms with Crippen molar-refractivity contribution in [2.24, 2.45) is 0 Å². The second kappa shape index (κ2) is 5.03. The summed E-state index contributed by atoms with van der Waals surface area (Å²) >= 11 is 0. The molecule has 86 valence electrons. The van der Waals surface area contributed by atoms with Crippen molar-refractivity contribution < 1.29 is 19.7 Å². The van der Waals surface area contributed by atoms with E-state index in [9.17, 15) is 20.2 Å². The van der Waals surface area contributed by atoms with Crippen LogP contribution in [-0.4, -0.2) is 28.2 Å². The summed E-state index contributed by atoms with van der Waals surface area (Å²) in [6.45, 7) is -0.278. The number of hydrogen-bond acceptors (Lipinski definition) is 6. The number of aliphatic hydroxyl groups excluding tert-OH is 1. The Morgan fingerprint density at radius 1 is 1.19 bits per heavy atom. The first kappa shape index (κ1) is 11.9. The first-order valence-electron chi connectivity index (χ1n) is 4.22. The van der Waals surface area contributed by atoms with Gasteiger partial charge in [-0.05, 0) is 6.07 Å². The van der Waals surface area contributed by atoms with Crippen molar-refractivity contribution in [1.29, 1.82) is 0 Å². The number of ether oxygens (including phenoxy) is 1. The van der Waals surface area contributed by atoms with Crippen molar-refractivity contribution in [2.75, 3.05) is 13.2 Å². The van der Waals surface area contributed by atoms with Gasteiger partial charge in [0, 0.05) is 6.07 Å². The lowest BCUT2D eigenvalue weighted by atomic mass is 10.2. The third-order valence-electron chi connectivity index (χ3n) is 1.70. The Labute approximate surface area is 89.4 Å². The summed E-state index contributed by atoms with van der Waals surface area (Å²) < 4.78 is 4.90. The molecule has 0 radical (unpaired) electrons. The van der Waals surface area contributed by atoms with Crippen LogP contribution in [0.15, 0.2) is 18.2 Å². The Hall–Kier alpha value is -2.22. The van der Waals surface area contributed by atoms with E-state index < -0.39 is 21.2 Å². The summed E-state index contributed by atoms with van der Waals surface area (Å²) in [6, 6.07) is 3.18. The monoisotopic (exact) mass is 228 g/mol. The predicted octanol–water partition coefficient (Wildman–Crippen LogP) is 0.874. The zero-order valence-electron chi connectivity index (χ0n) is 8.03. The topological polar surface area (TPSA) is 116 Å². The molecule has 0 aromatic heterocycles. The van der Waals surface area contributed by atoms with Crippen LogP contribution in [0.5, 0.6) is 5.75 Å². The van der Waals surface area contributed by atoms with Crippen molar-refractivity contribution >= 4 is 11.4 Å².